The molecule has 0 radical (unpaired) electrons. The molecule has 172 valence electrons. The van der Waals surface area contributed by atoms with Crippen molar-refractivity contribution in [3.8, 4) is 0 Å². The molecule has 0 aromatic heterocycles. The molecule has 0 aromatic rings. The molecule has 0 aromatic carbocycles. The summed E-state index contributed by atoms with van der Waals surface area (Å²) < 4.78 is 63.5. The fourth-order valence-electron chi connectivity index (χ4n) is 1.02. The largest absolute Gasteiger partial charge is 0.490 e. The highest BCUT2D eigenvalue weighted by Gasteiger charge is 2.38. The number of nitrogens with one attached hydrogen (secondary N) is 1. The molecule has 0 unspecified atom stereocenters. The van der Waals surface area contributed by atoms with Crippen molar-refractivity contribution in [3.63, 3.8) is 0 Å². The maximum atomic E-state index is 11.3. The van der Waals surface area contributed by atoms with Gasteiger partial charge in [0.25, 0.3) is 0 Å². The summed E-state index contributed by atoms with van der Waals surface area (Å²) in [6, 6.07) is -1.56. The topological polar surface area (TPSA) is 193 Å². The number of hydrogen-bond donors (Lipinski definition) is 6. The number of nitrogens with two attached hydrogens (primary N) is 2. The SMILES string of the molecule is C[C@H](NC(=O)[C@H](N)CCCCN)C(=O)O.O=C(O)C(F)(F)F.O=C(O)C(F)(F)F. The first-order chi connectivity index (χ1) is 12.9. The summed E-state index contributed by atoms with van der Waals surface area (Å²) in [4.78, 5) is 39.6. The number of unbranched alkanes of at least 4 members (excludes halogenated alkanes) is 1. The molecule has 0 fully saturated rings. The zero-order chi connectivity index (χ0) is 24.0. The van der Waals surface area contributed by atoms with Gasteiger partial charge in [-0.15, -0.1) is 0 Å². The van der Waals surface area contributed by atoms with E-state index in [1.54, 1.807) is 0 Å². The van der Waals surface area contributed by atoms with E-state index in [2.05, 4.69) is 5.32 Å². The van der Waals surface area contributed by atoms with Crippen LogP contribution >= 0.6 is 0 Å². The van der Waals surface area contributed by atoms with Crippen LogP contribution in [0.4, 0.5) is 26.3 Å². The van der Waals surface area contributed by atoms with E-state index >= 15 is 0 Å². The van der Waals surface area contributed by atoms with Gasteiger partial charge in [-0.25, -0.2) is 9.59 Å². The third-order valence-corrected chi connectivity index (χ3v) is 2.52. The second kappa shape index (κ2) is 14.4. The van der Waals surface area contributed by atoms with Crippen LogP contribution in [0.25, 0.3) is 0 Å². The van der Waals surface area contributed by atoms with E-state index in [-0.39, 0.29) is 0 Å². The lowest BCUT2D eigenvalue weighted by atomic mass is 10.1. The average molecular weight is 445 g/mol. The van der Waals surface area contributed by atoms with Gasteiger partial charge < -0.3 is 32.1 Å². The van der Waals surface area contributed by atoms with Gasteiger partial charge in [-0.2, -0.15) is 26.3 Å². The van der Waals surface area contributed by atoms with Crippen LogP contribution in [-0.4, -0.2) is 70.1 Å². The number of carboxylic acid groups (broad SMARTS) is 3. The Morgan fingerprint density at radius 3 is 1.48 bits per heavy atom. The number of carboxylic acids is 3. The molecule has 0 aliphatic carbocycles. The van der Waals surface area contributed by atoms with Gasteiger partial charge in [0.1, 0.15) is 6.04 Å². The van der Waals surface area contributed by atoms with E-state index in [9.17, 15) is 35.9 Å². The van der Waals surface area contributed by atoms with E-state index in [0.717, 1.165) is 12.8 Å². The molecule has 0 heterocycles. The number of carbonyl (C=O) groups is 4. The number of amides is 1. The highest BCUT2D eigenvalue weighted by Crippen LogP contribution is 2.13. The molecule has 0 aliphatic rings. The van der Waals surface area contributed by atoms with Crippen molar-refractivity contribution in [3.05, 3.63) is 0 Å². The van der Waals surface area contributed by atoms with Gasteiger partial charge in [0.2, 0.25) is 5.91 Å². The van der Waals surface area contributed by atoms with Crippen LogP contribution in [0, 0.1) is 0 Å². The molecule has 0 spiro atoms. The van der Waals surface area contributed by atoms with Crippen LogP contribution in [0.5, 0.6) is 0 Å². The zero-order valence-electron chi connectivity index (χ0n) is 14.9. The Morgan fingerprint density at radius 1 is 0.897 bits per heavy atom. The quantitative estimate of drug-likeness (QED) is 0.236. The molecule has 0 aliphatic heterocycles. The minimum Gasteiger partial charge on any atom is -0.480 e. The van der Waals surface area contributed by atoms with Crippen molar-refractivity contribution in [2.45, 2.75) is 50.6 Å². The van der Waals surface area contributed by atoms with Crippen molar-refractivity contribution >= 4 is 23.8 Å². The fraction of sp³-hybridized carbons (Fsp3) is 0.692. The number of alkyl halides is 6. The maximum absolute atomic E-state index is 11.3. The van der Waals surface area contributed by atoms with Crippen LogP contribution in [0.3, 0.4) is 0 Å². The molecule has 2 atom stereocenters. The molecule has 10 nitrogen and oxygen atoms in total. The zero-order valence-corrected chi connectivity index (χ0v) is 14.9. The predicted octanol–water partition coefficient (Wildman–Crippen LogP) is 0.299. The molecule has 0 saturated carbocycles. The number of halogens is 6. The van der Waals surface area contributed by atoms with Gasteiger partial charge in [-0.1, -0.05) is 6.42 Å². The summed E-state index contributed by atoms with van der Waals surface area (Å²) in [5.74, 6) is -7.01. The predicted molar refractivity (Wildman–Crippen MR) is 83.5 cm³/mol. The van der Waals surface area contributed by atoms with Gasteiger partial charge in [0.05, 0.1) is 6.04 Å². The Morgan fingerprint density at radius 2 is 1.24 bits per heavy atom. The number of aliphatic carboxylic acids is 3. The van der Waals surface area contributed by atoms with E-state index < -0.39 is 48.3 Å². The molecule has 0 saturated heterocycles. The second-order valence-corrected chi connectivity index (χ2v) is 5.07. The monoisotopic (exact) mass is 445 g/mol. The molecule has 8 N–H and O–H groups in total. The van der Waals surface area contributed by atoms with Crippen LogP contribution in [0.15, 0.2) is 0 Å². The Balaban J connectivity index is -0.000000402. The lowest BCUT2D eigenvalue weighted by Gasteiger charge is -2.14. The second-order valence-electron chi connectivity index (χ2n) is 5.07. The summed E-state index contributed by atoms with van der Waals surface area (Å²) in [6.07, 6.45) is -8.06. The van der Waals surface area contributed by atoms with Crippen molar-refractivity contribution in [2.75, 3.05) is 6.54 Å². The minimum absolute atomic E-state index is 0.429. The fourth-order valence-corrected chi connectivity index (χ4v) is 1.02. The number of hydrogen-bond acceptors (Lipinski definition) is 6. The molecule has 1 amide bonds. The van der Waals surface area contributed by atoms with E-state index in [4.69, 9.17) is 36.4 Å². The maximum Gasteiger partial charge on any atom is 0.490 e. The third kappa shape index (κ3) is 19.9. The summed E-state index contributed by atoms with van der Waals surface area (Å²) in [6.45, 7) is 1.96. The van der Waals surface area contributed by atoms with Gasteiger partial charge in [-0.3, -0.25) is 9.59 Å². The Hall–Kier alpha value is -2.62. The van der Waals surface area contributed by atoms with Crippen LogP contribution < -0.4 is 16.8 Å². The molecule has 16 heteroatoms. The summed E-state index contributed by atoms with van der Waals surface area (Å²) in [7, 11) is 0. The average Bonchev–Trinajstić information content (AvgIpc) is 2.54. The Bertz CT molecular complexity index is 516. The first kappa shape index (κ1) is 31.1. The van der Waals surface area contributed by atoms with E-state index in [0.29, 0.717) is 13.0 Å². The first-order valence-electron chi connectivity index (χ1n) is 7.46. The van der Waals surface area contributed by atoms with Crippen LogP contribution in [0.2, 0.25) is 0 Å². The highest BCUT2D eigenvalue weighted by atomic mass is 19.4. The summed E-state index contributed by atoms with van der Waals surface area (Å²) in [5.41, 5.74) is 10.9. The van der Waals surface area contributed by atoms with Crippen molar-refractivity contribution in [1.29, 1.82) is 0 Å². The smallest absolute Gasteiger partial charge is 0.480 e. The Labute approximate surface area is 159 Å². The molecule has 29 heavy (non-hydrogen) atoms. The van der Waals surface area contributed by atoms with Crippen molar-refractivity contribution < 1.29 is 60.8 Å². The normalized spacial score (nSPS) is 12.9. The number of rotatable bonds is 7. The highest BCUT2D eigenvalue weighted by molar-refractivity contribution is 5.86. The van der Waals surface area contributed by atoms with Gasteiger partial charge >= 0.3 is 30.3 Å². The lowest BCUT2D eigenvalue weighted by Crippen LogP contribution is -2.47. The molecule has 0 bridgehead atoms. The third-order valence-electron chi connectivity index (χ3n) is 2.52. The molecule has 0 rings (SSSR count). The summed E-state index contributed by atoms with van der Waals surface area (Å²) in [5, 5.41) is 25.1. The van der Waals surface area contributed by atoms with Crippen LogP contribution in [0.1, 0.15) is 26.2 Å². The lowest BCUT2D eigenvalue weighted by molar-refractivity contribution is -0.193. The van der Waals surface area contributed by atoms with Crippen LogP contribution in [-0.2, 0) is 19.2 Å². The Kier molecular flexibility index (Phi) is 15.4. The van der Waals surface area contributed by atoms with Crippen molar-refractivity contribution in [1.82, 2.24) is 5.32 Å². The molecular formula is C13H21F6N3O7. The first-order valence-corrected chi connectivity index (χ1v) is 7.46. The van der Waals surface area contributed by atoms with Crippen molar-refractivity contribution in [2.24, 2.45) is 11.5 Å². The minimum atomic E-state index is -5.08. The summed E-state index contributed by atoms with van der Waals surface area (Å²) >= 11 is 0. The molecular weight excluding hydrogens is 424 g/mol. The van der Waals surface area contributed by atoms with Gasteiger partial charge in [0, 0.05) is 0 Å². The standard InChI is InChI=1S/C9H19N3O3.2C2HF3O2/c1-6(9(14)15)12-8(13)7(11)4-2-3-5-10;2*3-2(4,5)1(6)7/h6-7H,2-5,10-11H2,1H3,(H,12,13)(H,14,15);2*(H,6,7)/t6-,7+;;/m0../s1. The van der Waals surface area contributed by atoms with E-state index in [1.807, 2.05) is 0 Å². The number of carbonyl (C=O) groups excluding carboxylic acids is 1. The van der Waals surface area contributed by atoms with Gasteiger partial charge in [0.15, 0.2) is 0 Å². The van der Waals surface area contributed by atoms with E-state index in [1.165, 1.54) is 6.92 Å². The van der Waals surface area contributed by atoms with Gasteiger partial charge in [-0.05, 0) is 26.3 Å².